The first kappa shape index (κ1) is 16.0. The van der Waals surface area contributed by atoms with Crippen molar-refractivity contribution in [1.29, 1.82) is 0 Å². The fourth-order valence-corrected chi connectivity index (χ4v) is 1.93. The van der Waals surface area contributed by atoms with Gasteiger partial charge in [0.15, 0.2) is 0 Å². The molecule has 2 N–H and O–H groups in total. The topological polar surface area (TPSA) is 38.5 Å². The number of nitrogens with zero attached hydrogens (tertiary/aromatic N) is 1. The Morgan fingerprint density at radius 1 is 1.42 bits per heavy atom. The normalized spacial score (nSPS) is 10.9. The lowest BCUT2D eigenvalue weighted by Gasteiger charge is -2.22. The van der Waals surface area contributed by atoms with Gasteiger partial charge in [0.2, 0.25) is 0 Å². The van der Waals surface area contributed by atoms with E-state index in [1.807, 2.05) is 13.0 Å². The maximum atomic E-state index is 13.1. The Kier molecular flexibility index (Phi) is 6.91. The Morgan fingerprint density at radius 2 is 2.16 bits per heavy atom. The Bertz CT molecular complexity index is 426. The van der Waals surface area contributed by atoms with Crippen LogP contribution in [0.3, 0.4) is 0 Å². The van der Waals surface area contributed by atoms with Crippen LogP contribution in [0.15, 0.2) is 18.2 Å². The van der Waals surface area contributed by atoms with Crippen molar-refractivity contribution in [2.75, 3.05) is 26.8 Å². The van der Waals surface area contributed by atoms with Crippen LogP contribution in [0.1, 0.15) is 17.5 Å². The zero-order valence-corrected chi connectivity index (χ0v) is 12.3. The molecule has 0 fully saturated rings. The molecule has 3 nitrogen and oxygen atoms in total. The van der Waals surface area contributed by atoms with Gasteiger partial charge in [-0.25, -0.2) is 4.39 Å². The highest BCUT2D eigenvalue weighted by Gasteiger charge is 2.09. The number of halogens is 1. The third-order valence-corrected chi connectivity index (χ3v) is 3.19. The van der Waals surface area contributed by atoms with Crippen LogP contribution >= 0.6 is 12.2 Å². The van der Waals surface area contributed by atoms with Gasteiger partial charge in [0.05, 0.1) is 11.6 Å². The summed E-state index contributed by atoms with van der Waals surface area (Å²) in [5, 5.41) is 0. The van der Waals surface area contributed by atoms with Crippen molar-refractivity contribution in [3.63, 3.8) is 0 Å². The Labute approximate surface area is 119 Å². The molecule has 5 heteroatoms. The van der Waals surface area contributed by atoms with Gasteiger partial charge in [0.25, 0.3) is 0 Å². The van der Waals surface area contributed by atoms with E-state index in [2.05, 4.69) is 4.90 Å². The quantitative estimate of drug-likeness (QED) is 0.743. The minimum atomic E-state index is -0.201. The number of hydrogen-bond donors (Lipinski definition) is 1. The second-order valence-electron chi connectivity index (χ2n) is 4.56. The largest absolute Gasteiger partial charge is 0.393 e. The molecule has 1 aromatic rings. The molecular weight excluding hydrogens is 263 g/mol. The lowest BCUT2D eigenvalue weighted by atomic mass is 10.1. The molecule has 0 aromatic heterocycles. The van der Waals surface area contributed by atoms with Gasteiger partial charge in [-0.2, -0.15) is 0 Å². The molecule has 0 radical (unpaired) electrons. The highest BCUT2D eigenvalue weighted by Crippen LogP contribution is 2.13. The second-order valence-corrected chi connectivity index (χ2v) is 5.08. The number of methoxy groups -OCH3 is 1. The maximum Gasteiger partial charge on any atom is 0.123 e. The summed E-state index contributed by atoms with van der Waals surface area (Å²) in [7, 11) is 1.68. The van der Waals surface area contributed by atoms with E-state index in [-0.39, 0.29) is 5.82 Å². The molecule has 0 atom stereocenters. The van der Waals surface area contributed by atoms with Crippen LogP contribution in [0.25, 0.3) is 0 Å². The number of thiocarbonyl (C=S) groups is 1. The molecule has 0 spiro atoms. The molecule has 19 heavy (non-hydrogen) atoms. The Balaban J connectivity index is 2.66. The van der Waals surface area contributed by atoms with Gasteiger partial charge < -0.3 is 10.5 Å². The van der Waals surface area contributed by atoms with Crippen LogP contribution in [-0.2, 0) is 11.3 Å². The molecule has 0 heterocycles. The standard InChI is InChI=1S/C14H21FN2OS/c1-11-9-13(15)4-3-12(11)10-17(7-8-18-2)6-5-14(16)19/h3-4,9H,5-8,10H2,1-2H3,(H2,16,19). The summed E-state index contributed by atoms with van der Waals surface area (Å²) in [6, 6.07) is 4.87. The predicted molar refractivity (Wildman–Crippen MR) is 79.7 cm³/mol. The summed E-state index contributed by atoms with van der Waals surface area (Å²) in [6.45, 7) is 4.90. The van der Waals surface area contributed by atoms with Crippen molar-refractivity contribution in [3.8, 4) is 0 Å². The highest BCUT2D eigenvalue weighted by atomic mass is 32.1. The van der Waals surface area contributed by atoms with E-state index < -0.39 is 0 Å². The summed E-state index contributed by atoms with van der Waals surface area (Å²) in [6.07, 6.45) is 0.680. The van der Waals surface area contributed by atoms with E-state index in [0.29, 0.717) is 18.0 Å². The fraction of sp³-hybridized carbons (Fsp3) is 0.500. The number of rotatable bonds is 8. The smallest absolute Gasteiger partial charge is 0.123 e. The molecule has 0 aliphatic rings. The van der Waals surface area contributed by atoms with E-state index in [9.17, 15) is 4.39 Å². The van der Waals surface area contributed by atoms with Crippen molar-refractivity contribution in [2.24, 2.45) is 5.73 Å². The van der Waals surface area contributed by atoms with Crippen LogP contribution in [-0.4, -0.2) is 36.7 Å². The number of benzene rings is 1. The summed E-state index contributed by atoms with van der Waals surface area (Å²) < 4.78 is 18.2. The van der Waals surface area contributed by atoms with Gasteiger partial charge in [-0.15, -0.1) is 0 Å². The van der Waals surface area contributed by atoms with Gasteiger partial charge >= 0.3 is 0 Å². The van der Waals surface area contributed by atoms with E-state index in [4.69, 9.17) is 22.7 Å². The molecule has 0 saturated carbocycles. The third kappa shape index (κ3) is 6.09. The number of ether oxygens (including phenoxy) is 1. The second kappa shape index (κ2) is 8.19. The van der Waals surface area contributed by atoms with Gasteiger partial charge in [-0.1, -0.05) is 18.3 Å². The van der Waals surface area contributed by atoms with Crippen molar-refractivity contribution in [1.82, 2.24) is 4.90 Å². The van der Waals surface area contributed by atoms with Crippen LogP contribution < -0.4 is 5.73 Å². The van der Waals surface area contributed by atoms with Crippen molar-refractivity contribution in [2.45, 2.75) is 19.9 Å². The minimum absolute atomic E-state index is 0.201. The molecule has 0 saturated heterocycles. The van der Waals surface area contributed by atoms with E-state index >= 15 is 0 Å². The molecule has 0 unspecified atom stereocenters. The van der Waals surface area contributed by atoms with E-state index in [1.54, 1.807) is 13.2 Å². The van der Waals surface area contributed by atoms with E-state index in [0.717, 1.165) is 30.8 Å². The molecule has 0 bridgehead atoms. The molecular formula is C14H21FN2OS. The average molecular weight is 284 g/mol. The van der Waals surface area contributed by atoms with Crippen LogP contribution in [0, 0.1) is 12.7 Å². The summed E-state index contributed by atoms with van der Waals surface area (Å²) in [4.78, 5) is 2.72. The lowest BCUT2D eigenvalue weighted by Crippen LogP contribution is -2.30. The first-order chi connectivity index (χ1) is 9.02. The predicted octanol–water partition coefficient (Wildman–Crippen LogP) is 2.26. The number of nitrogens with two attached hydrogens (primary N) is 1. The average Bonchev–Trinajstić information content (AvgIpc) is 2.35. The summed E-state index contributed by atoms with van der Waals surface area (Å²) >= 11 is 4.90. The van der Waals surface area contributed by atoms with E-state index in [1.165, 1.54) is 6.07 Å². The van der Waals surface area contributed by atoms with Gasteiger partial charge in [-0.3, -0.25) is 4.90 Å². The Hall–Kier alpha value is -1.04. The lowest BCUT2D eigenvalue weighted by molar-refractivity contribution is 0.145. The zero-order chi connectivity index (χ0) is 14.3. The molecule has 1 rings (SSSR count). The summed E-state index contributed by atoms with van der Waals surface area (Å²) in [5.74, 6) is -0.201. The third-order valence-electron chi connectivity index (χ3n) is 2.98. The number of hydrogen-bond acceptors (Lipinski definition) is 3. The number of aryl methyl sites for hydroxylation is 1. The first-order valence-electron chi connectivity index (χ1n) is 6.27. The SMILES string of the molecule is COCCN(CCC(N)=S)Cc1ccc(F)cc1C. The van der Waals surface area contributed by atoms with Crippen molar-refractivity contribution < 1.29 is 9.13 Å². The van der Waals surface area contributed by atoms with Gasteiger partial charge in [0.1, 0.15) is 5.82 Å². The van der Waals surface area contributed by atoms with Crippen LogP contribution in [0.2, 0.25) is 0 Å². The maximum absolute atomic E-state index is 13.1. The van der Waals surface area contributed by atoms with Crippen LogP contribution in [0.5, 0.6) is 0 Å². The molecule has 0 aliphatic heterocycles. The van der Waals surface area contributed by atoms with Crippen molar-refractivity contribution in [3.05, 3.63) is 35.1 Å². The molecule has 106 valence electrons. The minimum Gasteiger partial charge on any atom is -0.393 e. The van der Waals surface area contributed by atoms with Gasteiger partial charge in [-0.05, 0) is 30.2 Å². The Morgan fingerprint density at radius 3 is 2.74 bits per heavy atom. The fourth-order valence-electron chi connectivity index (χ4n) is 1.84. The zero-order valence-electron chi connectivity index (χ0n) is 11.5. The molecule has 0 aliphatic carbocycles. The molecule has 0 amide bonds. The highest BCUT2D eigenvalue weighted by molar-refractivity contribution is 7.80. The summed E-state index contributed by atoms with van der Waals surface area (Å²) in [5.41, 5.74) is 7.60. The monoisotopic (exact) mass is 284 g/mol. The van der Waals surface area contributed by atoms with Crippen molar-refractivity contribution >= 4 is 17.2 Å². The van der Waals surface area contributed by atoms with Gasteiger partial charge in [0, 0.05) is 33.2 Å². The molecule has 1 aromatic carbocycles. The van der Waals surface area contributed by atoms with Crippen LogP contribution in [0.4, 0.5) is 4.39 Å². The first-order valence-corrected chi connectivity index (χ1v) is 6.68.